The normalized spacial score (nSPS) is 12.3. The van der Waals surface area contributed by atoms with Crippen LogP contribution in [0.4, 0.5) is 11.6 Å². The number of nitrogens with two attached hydrogens (primary N) is 1. The van der Waals surface area contributed by atoms with E-state index in [1.54, 1.807) is 11.3 Å². The molecule has 2 heterocycles. The minimum atomic E-state index is 0.139. The van der Waals surface area contributed by atoms with E-state index in [0.717, 1.165) is 34.3 Å². The number of aryl methyl sites for hydroxylation is 3. The van der Waals surface area contributed by atoms with Gasteiger partial charge in [0, 0.05) is 16.9 Å². The first kappa shape index (κ1) is 15.7. The van der Waals surface area contributed by atoms with Crippen LogP contribution in [0.15, 0.2) is 0 Å². The van der Waals surface area contributed by atoms with Crippen molar-refractivity contribution in [3.8, 4) is 0 Å². The highest BCUT2D eigenvalue weighted by molar-refractivity contribution is 7.11. The summed E-state index contributed by atoms with van der Waals surface area (Å²) in [5.41, 5.74) is 4.62. The van der Waals surface area contributed by atoms with Gasteiger partial charge in [-0.25, -0.2) is 20.8 Å². The Morgan fingerprint density at radius 1 is 1.14 bits per heavy atom. The first-order chi connectivity index (χ1) is 9.96. The van der Waals surface area contributed by atoms with Crippen LogP contribution in [-0.2, 0) is 6.42 Å². The number of anilines is 2. The van der Waals surface area contributed by atoms with Gasteiger partial charge >= 0.3 is 0 Å². The summed E-state index contributed by atoms with van der Waals surface area (Å²) >= 11 is 1.71. The second-order valence-corrected chi connectivity index (χ2v) is 6.24. The number of aromatic nitrogens is 3. The van der Waals surface area contributed by atoms with E-state index in [4.69, 9.17) is 5.84 Å². The molecule has 7 heteroatoms. The molecule has 6 nitrogen and oxygen atoms in total. The van der Waals surface area contributed by atoms with Crippen molar-refractivity contribution in [2.45, 2.75) is 47.1 Å². The molecule has 114 valence electrons. The van der Waals surface area contributed by atoms with Crippen LogP contribution < -0.4 is 16.6 Å². The van der Waals surface area contributed by atoms with Crippen LogP contribution in [0.2, 0.25) is 0 Å². The molecule has 0 radical (unpaired) electrons. The van der Waals surface area contributed by atoms with Crippen molar-refractivity contribution in [3.05, 3.63) is 27.0 Å². The molecule has 2 aromatic heterocycles. The topological polar surface area (TPSA) is 88.8 Å². The molecule has 0 aliphatic rings. The van der Waals surface area contributed by atoms with Crippen molar-refractivity contribution in [2.24, 2.45) is 5.84 Å². The highest BCUT2D eigenvalue weighted by atomic mass is 32.1. The molecule has 0 aliphatic carbocycles. The SMILES string of the molecule is CCc1nc(NN)c(C)c(NC(C)c2sc(C)nc2C)n1. The van der Waals surface area contributed by atoms with Gasteiger partial charge in [0.2, 0.25) is 0 Å². The lowest BCUT2D eigenvalue weighted by Gasteiger charge is -2.17. The van der Waals surface area contributed by atoms with Gasteiger partial charge in [-0.2, -0.15) is 0 Å². The third kappa shape index (κ3) is 3.30. The molecular weight excluding hydrogens is 284 g/mol. The summed E-state index contributed by atoms with van der Waals surface area (Å²) < 4.78 is 0. The molecule has 0 bridgehead atoms. The Morgan fingerprint density at radius 2 is 1.81 bits per heavy atom. The Kier molecular flexibility index (Phi) is 4.74. The van der Waals surface area contributed by atoms with Crippen LogP contribution in [0.1, 0.15) is 46.9 Å². The summed E-state index contributed by atoms with van der Waals surface area (Å²) in [4.78, 5) is 14.6. The van der Waals surface area contributed by atoms with E-state index in [0.29, 0.717) is 5.82 Å². The van der Waals surface area contributed by atoms with Crippen molar-refractivity contribution in [3.63, 3.8) is 0 Å². The van der Waals surface area contributed by atoms with E-state index >= 15 is 0 Å². The molecule has 1 unspecified atom stereocenters. The summed E-state index contributed by atoms with van der Waals surface area (Å²) in [6.45, 7) is 10.1. The number of nitrogens with one attached hydrogen (secondary N) is 2. The lowest BCUT2D eigenvalue weighted by atomic mass is 10.2. The number of nitrogens with zero attached hydrogens (tertiary/aromatic N) is 3. The van der Waals surface area contributed by atoms with Crippen LogP contribution in [0.3, 0.4) is 0 Å². The number of hydrogen-bond acceptors (Lipinski definition) is 7. The van der Waals surface area contributed by atoms with Crippen LogP contribution in [-0.4, -0.2) is 15.0 Å². The first-order valence-corrected chi connectivity index (χ1v) is 7.82. The lowest BCUT2D eigenvalue weighted by Crippen LogP contribution is -2.16. The summed E-state index contributed by atoms with van der Waals surface area (Å²) in [6, 6.07) is 0.139. The Labute approximate surface area is 129 Å². The van der Waals surface area contributed by atoms with Crippen molar-refractivity contribution < 1.29 is 0 Å². The van der Waals surface area contributed by atoms with Crippen LogP contribution >= 0.6 is 11.3 Å². The van der Waals surface area contributed by atoms with Crippen LogP contribution in [0.25, 0.3) is 0 Å². The van der Waals surface area contributed by atoms with E-state index < -0.39 is 0 Å². The smallest absolute Gasteiger partial charge is 0.148 e. The summed E-state index contributed by atoms with van der Waals surface area (Å²) in [5.74, 6) is 7.77. The van der Waals surface area contributed by atoms with Crippen molar-refractivity contribution in [2.75, 3.05) is 10.7 Å². The van der Waals surface area contributed by atoms with Crippen molar-refractivity contribution in [1.29, 1.82) is 0 Å². The van der Waals surface area contributed by atoms with Crippen LogP contribution in [0, 0.1) is 20.8 Å². The zero-order valence-electron chi connectivity index (χ0n) is 13.1. The third-order valence-corrected chi connectivity index (χ3v) is 4.59. The minimum Gasteiger partial charge on any atom is -0.362 e. The van der Waals surface area contributed by atoms with Gasteiger partial charge in [0.05, 0.1) is 16.7 Å². The predicted octanol–water partition coefficient (Wildman–Crippen LogP) is 2.88. The fourth-order valence-electron chi connectivity index (χ4n) is 2.22. The van der Waals surface area contributed by atoms with Gasteiger partial charge in [0.25, 0.3) is 0 Å². The molecule has 0 aliphatic heterocycles. The largest absolute Gasteiger partial charge is 0.362 e. The van der Waals surface area contributed by atoms with E-state index in [1.165, 1.54) is 4.88 Å². The number of thiazole rings is 1. The van der Waals surface area contributed by atoms with Crippen molar-refractivity contribution in [1.82, 2.24) is 15.0 Å². The predicted molar refractivity (Wildman–Crippen MR) is 87.6 cm³/mol. The molecule has 0 saturated heterocycles. The lowest BCUT2D eigenvalue weighted by molar-refractivity contribution is 0.855. The highest BCUT2D eigenvalue weighted by Crippen LogP contribution is 2.29. The molecule has 0 amide bonds. The van der Waals surface area contributed by atoms with Gasteiger partial charge in [-0.3, -0.25) is 0 Å². The summed E-state index contributed by atoms with van der Waals surface area (Å²) in [5, 5.41) is 4.53. The average molecular weight is 306 g/mol. The number of hydrazine groups is 1. The average Bonchev–Trinajstić information content (AvgIpc) is 2.80. The van der Waals surface area contributed by atoms with E-state index in [2.05, 4.69) is 32.6 Å². The van der Waals surface area contributed by atoms with Gasteiger partial charge in [-0.1, -0.05) is 6.92 Å². The molecule has 2 aromatic rings. The molecule has 2 rings (SSSR count). The quantitative estimate of drug-likeness (QED) is 0.581. The molecule has 21 heavy (non-hydrogen) atoms. The minimum absolute atomic E-state index is 0.139. The summed E-state index contributed by atoms with van der Waals surface area (Å²) in [7, 11) is 0. The third-order valence-electron chi connectivity index (χ3n) is 3.33. The van der Waals surface area contributed by atoms with Crippen molar-refractivity contribution >= 4 is 23.0 Å². The first-order valence-electron chi connectivity index (χ1n) is 7.00. The molecule has 4 N–H and O–H groups in total. The fraction of sp³-hybridized carbons (Fsp3) is 0.500. The maximum Gasteiger partial charge on any atom is 0.148 e. The molecule has 0 spiro atoms. The van der Waals surface area contributed by atoms with Crippen LogP contribution in [0.5, 0.6) is 0 Å². The van der Waals surface area contributed by atoms with Gasteiger partial charge in [-0.05, 0) is 27.7 Å². The fourth-order valence-corrected chi connectivity index (χ4v) is 3.15. The molecule has 0 fully saturated rings. The van der Waals surface area contributed by atoms with Gasteiger partial charge in [-0.15, -0.1) is 11.3 Å². The maximum atomic E-state index is 5.54. The number of hydrogen-bond donors (Lipinski definition) is 3. The zero-order valence-corrected chi connectivity index (χ0v) is 13.9. The second kappa shape index (κ2) is 6.36. The molecular formula is C14H22N6S. The maximum absolute atomic E-state index is 5.54. The number of rotatable bonds is 5. The monoisotopic (exact) mass is 306 g/mol. The molecule has 0 aromatic carbocycles. The molecule has 0 saturated carbocycles. The van der Waals surface area contributed by atoms with Gasteiger partial charge < -0.3 is 10.7 Å². The van der Waals surface area contributed by atoms with E-state index in [-0.39, 0.29) is 6.04 Å². The highest BCUT2D eigenvalue weighted by Gasteiger charge is 2.16. The second-order valence-electron chi connectivity index (χ2n) is 5.01. The van der Waals surface area contributed by atoms with E-state index in [1.807, 2.05) is 27.7 Å². The Balaban J connectivity index is 2.32. The molecule has 1 atom stereocenters. The number of nitrogen functional groups attached to an aromatic ring is 1. The zero-order chi connectivity index (χ0) is 15.6. The Morgan fingerprint density at radius 3 is 2.33 bits per heavy atom. The summed E-state index contributed by atoms with van der Waals surface area (Å²) in [6.07, 6.45) is 0.761. The standard InChI is InChI=1S/C14H22N6S/c1-6-11-18-13(7(2)14(19-11)20-15)17-9(4)12-8(3)16-10(5)21-12/h9H,6,15H2,1-5H3,(H2,17,18,19,20). The van der Waals surface area contributed by atoms with Gasteiger partial charge in [0.1, 0.15) is 17.5 Å². The Hall–Kier alpha value is -1.73. The Bertz CT molecular complexity index is 637. The van der Waals surface area contributed by atoms with Gasteiger partial charge in [0.15, 0.2) is 0 Å². The van der Waals surface area contributed by atoms with E-state index in [9.17, 15) is 0 Å².